The number of hydrogen-bond donors (Lipinski definition) is 0. The van der Waals surface area contributed by atoms with Gasteiger partial charge in [-0.25, -0.2) is 0 Å². The highest BCUT2D eigenvalue weighted by Crippen LogP contribution is 2.22. The summed E-state index contributed by atoms with van der Waals surface area (Å²) in [4.78, 5) is 21.6. The normalized spacial score (nSPS) is 9.77. The quantitative estimate of drug-likeness (QED) is 0.478. The van der Waals surface area contributed by atoms with Crippen molar-refractivity contribution in [3.05, 3.63) is 31.9 Å². The molecule has 0 aliphatic heterocycles. The molecule has 0 saturated heterocycles. The van der Waals surface area contributed by atoms with E-state index in [9.17, 15) is 9.59 Å². The number of carbonyl (C=O) groups excluding carboxylic acids is 2. The van der Waals surface area contributed by atoms with Crippen LogP contribution < -0.4 is 0 Å². The van der Waals surface area contributed by atoms with Crippen molar-refractivity contribution in [2.45, 2.75) is 6.92 Å². The second-order valence-corrected chi connectivity index (χ2v) is 4.10. The molecular weight excluding hydrogens is 302 g/mol. The van der Waals surface area contributed by atoms with E-state index in [0.29, 0.717) is 22.4 Å². The van der Waals surface area contributed by atoms with Crippen molar-refractivity contribution in [1.29, 1.82) is 0 Å². The van der Waals surface area contributed by atoms with Gasteiger partial charge in [-0.05, 0) is 41.6 Å². The lowest BCUT2D eigenvalue weighted by Crippen LogP contribution is -1.98. The minimum atomic E-state index is -0.0656. The van der Waals surface area contributed by atoms with Gasteiger partial charge in [-0.1, -0.05) is 11.6 Å². The van der Waals surface area contributed by atoms with E-state index in [4.69, 9.17) is 11.6 Å². The Morgan fingerprint density at radius 3 is 2.62 bits per heavy atom. The van der Waals surface area contributed by atoms with Crippen molar-refractivity contribution in [3.63, 3.8) is 0 Å². The third-order valence-corrected chi connectivity index (χ3v) is 2.81. The molecule has 68 valence electrons. The molecule has 0 saturated carbocycles. The van der Waals surface area contributed by atoms with Crippen LogP contribution in [0.25, 0.3) is 0 Å². The zero-order valence-corrected chi connectivity index (χ0v) is 9.72. The van der Waals surface area contributed by atoms with Gasteiger partial charge in [0.15, 0.2) is 12.1 Å². The highest BCUT2D eigenvalue weighted by molar-refractivity contribution is 14.1. The van der Waals surface area contributed by atoms with Gasteiger partial charge in [-0.3, -0.25) is 9.59 Å². The van der Waals surface area contributed by atoms with Crippen molar-refractivity contribution >= 4 is 46.3 Å². The van der Waals surface area contributed by atoms with E-state index in [1.54, 1.807) is 6.07 Å². The van der Waals surface area contributed by atoms with Gasteiger partial charge in [0, 0.05) is 14.7 Å². The molecule has 4 heteroatoms. The Labute approximate surface area is 94.4 Å². The summed E-state index contributed by atoms with van der Waals surface area (Å²) < 4.78 is 0.765. The molecule has 1 aromatic rings. The second-order valence-electron chi connectivity index (χ2n) is 2.53. The average Bonchev–Trinajstić information content (AvgIpc) is 2.03. The zero-order chi connectivity index (χ0) is 10.0. The Morgan fingerprint density at radius 2 is 2.15 bits per heavy atom. The maximum atomic E-state index is 11.1. The fraction of sp³-hybridized carbons (Fsp3) is 0.111. The average molecular weight is 309 g/mol. The summed E-state index contributed by atoms with van der Waals surface area (Å²) in [6.07, 6.45) is 0.644. The van der Waals surface area contributed by atoms with Gasteiger partial charge >= 0.3 is 0 Å². The number of rotatable bonds is 2. The molecule has 1 aromatic carbocycles. The van der Waals surface area contributed by atoms with Crippen LogP contribution in [0.1, 0.15) is 27.6 Å². The Balaban J connectivity index is 3.38. The van der Waals surface area contributed by atoms with Crippen LogP contribution in [-0.4, -0.2) is 12.1 Å². The molecule has 0 atom stereocenters. The lowest BCUT2D eigenvalue weighted by Gasteiger charge is -2.02. The van der Waals surface area contributed by atoms with Crippen molar-refractivity contribution < 1.29 is 9.59 Å². The van der Waals surface area contributed by atoms with Crippen LogP contribution in [0.2, 0.25) is 5.02 Å². The van der Waals surface area contributed by atoms with Crippen LogP contribution in [0, 0.1) is 3.57 Å². The first-order valence-corrected chi connectivity index (χ1v) is 4.97. The van der Waals surface area contributed by atoms with Crippen molar-refractivity contribution in [3.8, 4) is 0 Å². The standard InChI is InChI=1S/C9H6ClIO2/c1-5(13)7-2-6(4-12)8(10)3-9(7)11/h2-4H,1H3. The van der Waals surface area contributed by atoms with E-state index in [-0.39, 0.29) is 5.78 Å². The van der Waals surface area contributed by atoms with Crippen LogP contribution in [0.5, 0.6) is 0 Å². The van der Waals surface area contributed by atoms with E-state index < -0.39 is 0 Å². The van der Waals surface area contributed by atoms with Crippen molar-refractivity contribution in [1.82, 2.24) is 0 Å². The lowest BCUT2D eigenvalue weighted by atomic mass is 10.1. The molecule has 0 radical (unpaired) electrons. The van der Waals surface area contributed by atoms with Crippen LogP contribution in [-0.2, 0) is 0 Å². The van der Waals surface area contributed by atoms with E-state index in [1.807, 2.05) is 22.6 Å². The van der Waals surface area contributed by atoms with Gasteiger partial charge in [0.2, 0.25) is 0 Å². The molecule has 0 bridgehead atoms. The molecule has 0 unspecified atom stereocenters. The summed E-state index contributed by atoms with van der Waals surface area (Å²) in [5.74, 6) is -0.0656. The third kappa shape index (κ3) is 2.28. The number of hydrogen-bond acceptors (Lipinski definition) is 2. The molecule has 1 rings (SSSR count). The minimum absolute atomic E-state index is 0.0656. The van der Waals surface area contributed by atoms with Crippen molar-refractivity contribution in [2.24, 2.45) is 0 Å². The molecule has 0 aliphatic rings. The van der Waals surface area contributed by atoms with Gasteiger partial charge in [0.05, 0.1) is 5.02 Å². The molecular formula is C9H6ClIO2. The first kappa shape index (κ1) is 10.7. The Kier molecular flexibility index (Phi) is 3.44. The number of carbonyl (C=O) groups is 2. The van der Waals surface area contributed by atoms with Crippen molar-refractivity contribution in [2.75, 3.05) is 0 Å². The Hall–Kier alpha value is -0.420. The predicted molar refractivity (Wildman–Crippen MR) is 59.6 cm³/mol. The first-order valence-electron chi connectivity index (χ1n) is 3.51. The molecule has 0 aromatic heterocycles. The number of ketones is 1. The number of benzene rings is 1. The van der Waals surface area contributed by atoms with Gasteiger partial charge < -0.3 is 0 Å². The molecule has 2 nitrogen and oxygen atoms in total. The van der Waals surface area contributed by atoms with E-state index in [0.717, 1.165) is 3.57 Å². The van der Waals surface area contributed by atoms with Gasteiger partial charge in [-0.15, -0.1) is 0 Å². The molecule has 0 heterocycles. The first-order chi connectivity index (χ1) is 6.06. The molecule has 13 heavy (non-hydrogen) atoms. The van der Waals surface area contributed by atoms with E-state index >= 15 is 0 Å². The maximum Gasteiger partial charge on any atom is 0.160 e. The zero-order valence-electron chi connectivity index (χ0n) is 6.80. The molecule has 0 fully saturated rings. The lowest BCUT2D eigenvalue weighted by molar-refractivity contribution is 0.101. The fourth-order valence-electron chi connectivity index (χ4n) is 0.926. The van der Waals surface area contributed by atoms with Crippen LogP contribution in [0.3, 0.4) is 0 Å². The molecule has 0 aliphatic carbocycles. The van der Waals surface area contributed by atoms with Crippen LogP contribution in [0.4, 0.5) is 0 Å². The largest absolute Gasteiger partial charge is 0.298 e. The predicted octanol–water partition coefficient (Wildman–Crippen LogP) is 2.96. The monoisotopic (exact) mass is 308 g/mol. The smallest absolute Gasteiger partial charge is 0.160 e. The molecule has 0 amide bonds. The highest BCUT2D eigenvalue weighted by atomic mass is 127. The number of aldehydes is 1. The van der Waals surface area contributed by atoms with E-state index in [2.05, 4.69) is 0 Å². The number of Topliss-reactive ketones (excluding diaryl/α,β-unsaturated/α-hetero) is 1. The summed E-state index contributed by atoms with van der Waals surface area (Å²) in [5, 5.41) is 0.379. The SMILES string of the molecule is CC(=O)c1cc(C=O)c(Cl)cc1I. The summed E-state index contributed by atoms with van der Waals surface area (Å²) in [6.45, 7) is 1.46. The van der Waals surface area contributed by atoms with Crippen LogP contribution >= 0.6 is 34.2 Å². The van der Waals surface area contributed by atoms with E-state index in [1.165, 1.54) is 13.0 Å². The summed E-state index contributed by atoms with van der Waals surface area (Å²) in [5.41, 5.74) is 0.888. The summed E-state index contributed by atoms with van der Waals surface area (Å²) in [6, 6.07) is 3.13. The van der Waals surface area contributed by atoms with Gasteiger partial charge in [-0.2, -0.15) is 0 Å². The highest BCUT2D eigenvalue weighted by Gasteiger charge is 2.09. The second kappa shape index (κ2) is 4.19. The Bertz CT molecular complexity index is 374. The minimum Gasteiger partial charge on any atom is -0.298 e. The topological polar surface area (TPSA) is 34.1 Å². The Morgan fingerprint density at radius 1 is 1.54 bits per heavy atom. The summed E-state index contributed by atoms with van der Waals surface area (Å²) >= 11 is 7.77. The van der Waals surface area contributed by atoms with Crippen LogP contribution in [0.15, 0.2) is 12.1 Å². The van der Waals surface area contributed by atoms with Gasteiger partial charge in [0.25, 0.3) is 0 Å². The number of halogens is 2. The van der Waals surface area contributed by atoms with Gasteiger partial charge in [0.1, 0.15) is 0 Å². The molecule has 0 spiro atoms. The summed E-state index contributed by atoms with van der Waals surface area (Å²) in [7, 11) is 0. The molecule has 0 N–H and O–H groups in total. The fourth-order valence-corrected chi connectivity index (χ4v) is 2.17. The third-order valence-electron chi connectivity index (χ3n) is 1.59. The maximum absolute atomic E-state index is 11.1.